The van der Waals surface area contributed by atoms with Gasteiger partial charge in [-0.2, -0.15) is 5.26 Å². The van der Waals surface area contributed by atoms with E-state index in [1.165, 1.54) is 12.3 Å². The first kappa shape index (κ1) is 14.2. The summed E-state index contributed by atoms with van der Waals surface area (Å²) in [6.45, 7) is 6.44. The van der Waals surface area contributed by atoms with Crippen molar-refractivity contribution in [3.63, 3.8) is 0 Å². The molecule has 0 fully saturated rings. The summed E-state index contributed by atoms with van der Waals surface area (Å²) in [5, 5.41) is 12.3. The van der Waals surface area contributed by atoms with Crippen molar-refractivity contribution in [1.82, 2.24) is 14.9 Å². The molecule has 4 nitrogen and oxygen atoms in total. The number of aromatic nitrogens is 2. The normalized spacial score (nSPS) is 11.3. The average Bonchev–Trinajstić information content (AvgIpc) is 2.84. The highest BCUT2D eigenvalue weighted by Gasteiger charge is 2.15. The standard InChI is InChI=1S/C15H17FN4/c1-15(2,3)19-10-11-12(16)5-4-6-13(11)20-8-7-18-14(20)9-17/h4-8,19H,10H2,1-3H3. The number of benzene rings is 1. The molecule has 0 aliphatic rings. The van der Waals surface area contributed by atoms with Gasteiger partial charge in [0.1, 0.15) is 11.9 Å². The Morgan fingerprint density at radius 2 is 2.15 bits per heavy atom. The van der Waals surface area contributed by atoms with Crippen molar-refractivity contribution in [3.8, 4) is 11.8 Å². The van der Waals surface area contributed by atoms with Crippen LogP contribution in [0.5, 0.6) is 0 Å². The lowest BCUT2D eigenvalue weighted by atomic mass is 10.1. The molecule has 5 heteroatoms. The van der Waals surface area contributed by atoms with E-state index in [0.29, 0.717) is 17.8 Å². The Kier molecular flexibility index (Phi) is 3.86. The second-order valence-corrected chi connectivity index (χ2v) is 5.57. The monoisotopic (exact) mass is 272 g/mol. The number of nitriles is 1. The van der Waals surface area contributed by atoms with Crippen LogP contribution >= 0.6 is 0 Å². The number of halogens is 1. The Morgan fingerprint density at radius 3 is 2.80 bits per heavy atom. The van der Waals surface area contributed by atoms with Crippen molar-refractivity contribution in [2.45, 2.75) is 32.9 Å². The van der Waals surface area contributed by atoms with E-state index in [9.17, 15) is 4.39 Å². The maximum Gasteiger partial charge on any atom is 0.217 e. The highest BCUT2D eigenvalue weighted by molar-refractivity contribution is 5.44. The minimum Gasteiger partial charge on any atom is -0.308 e. The number of hydrogen-bond acceptors (Lipinski definition) is 3. The number of imidazole rings is 1. The second-order valence-electron chi connectivity index (χ2n) is 5.57. The van der Waals surface area contributed by atoms with E-state index in [-0.39, 0.29) is 17.2 Å². The lowest BCUT2D eigenvalue weighted by molar-refractivity contribution is 0.418. The van der Waals surface area contributed by atoms with Gasteiger partial charge in [0.25, 0.3) is 0 Å². The zero-order valence-electron chi connectivity index (χ0n) is 11.8. The summed E-state index contributed by atoms with van der Waals surface area (Å²) in [6, 6.07) is 6.84. The van der Waals surface area contributed by atoms with Gasteiger partial charge in [0.15, 0.2) is 0 Å². The molecule has 0 aliphatic carbocycles. The minimum atomic E-state index is -0.295. The highest BCUT2D eigenvalue weighted by Crippen LogP contribution is 2.20. The molecule has 1 aromatic carbocycles. The fraction of sp³-hybridized carbons (Fsp3) is 0.333. The molecular formula is C15H17FN4. The number of hydrogen-bond donors (Lipinski definition) is 1. The zero-order chi connectivity index (χ0) is 14.8. The lowest BCUT2D eigenvalue weighted by Gasteiger charge is -2.22. The predicted octanol–water partition coefficient (Wildman–Crippen LogP) is 2.77. The van der Waals surface area contributed by atoms with Gasteiger partial charge in [0.05, 0.1) is 5.69 Å². The van der Waals surface area contributed by atoms with Crippen LogP contribution in [0.2, 0.25) is 0 Å². The van der Waals surface area contributed by atoms with E-state index in [4.69, 9.17) is 5.26 Å². The molecule has 1 heterocycles. The molecule has 20 heavy (non-hydrogen) atoms. The third-order valence-electron chi connectivity index (χ3n) is 2.89. The predicted molar refractivity (Wildman–Crippen MR) is 74.8 cm³/mol. The number of nitrogens with one attached hydrogen (secondary N) is 1. The van der Waals surface area contributed by atoms with Gasteiger partial charge in [0.2, 0.25) is 5.82 Å². The summed E-state index contributed by atoms with van der Waals surface area (Å²) in [7, 11) is 0. The van der Waals surface area contributed by atoms with Crippen molar-refractivity contribution in [2.75, 3.05) is 0 Å². The van der Waals surface area contributed by atoms with Crippen LogP contribution in [-0.2, 0) is 6.54 Å². The van der Waals surface area contributed by atoms with E-state index in [0.717, 1.165) is 0 Å². The largest absolute Gasteiger partial charge is 0.308 e. The molecule has 0 bridgehead atoms. The molecule has 1 N–H and O–H groups in total. The van der Waals surface area contributed by atoms with Crippen molar-refractivity contribution in [1.29, 1.82) is 5.26 Å². The Hall–Kier alpha value is -2.19. The third-order valence-corrected chi connectivity index (χ3v) is 2.89. The molecule has 0 atom stereocenters. The molecular weight excluding hydrogens is 255 g/mol. The average molecular weight is 272 g/mol. The Bertz CT molecular complexity index is 647. The van der Waals surface area contributed by atoms with Crippen molar-refractivity contribution in [3.05, 3.63) is 47.8 Å². The van der Waals surface area contributed by atoms with Crippen LogP contribution in [0, 0.1) is 17.1 Å². The van der Waals surface area contributed by atoms with Crippen LogP contribution in [-0.4, -0.2) is 15.1 Å². The molecule has 0 amide bonds. The SMILES string of the molecule is CC(C)(C)NCc1c(F)cccc1-n1ccnc1C#N. The van der Waals surface area contributed by atoms with Gasteiger partial charge >= 0.3 is 0 Å². The minimum absolute atomic E-state index is 0.119. The number of nitrogens with zero attached hydrogens (tertiary/aromatic N) is 3. The van der Waals surface area contributed by atoms with E-state index < -0.39 is 0 Å². The summed E-state index contributed by atoms with van der Waals surface area (Å²) in [5.41, 5.74) is 1.04. The molecule has 0 spiro atoms. The molecule has 104 valence electrons. The second kappa shape index (κ2) is 5.43. The van der Waals surface area contributed by atoms with Crippen LogP contribution in [0.15, 0.2) is 30.6 Å². The van der Waals surface area contributed by atoms with Gasteiger partial charge in [0, 0.05) is 30.0 Å². The van der Waals surface area contributed by atoms with Crippen LogP contribution in [0.3, 0.4) is 0 Å². The Morgan fingerprint density at radius 1 is 1.40 bits per heavy atom. The molecule has 0 unspecified atom stereocenters. The first-order chi connectivity index (χ1) is 9.42. The quantitative estimate of drug-likeness (QED) is 0.934. The molecule has 1 aromatic heterocycles. The summed E-state index contributed by atoms with van der Waals surface area (Å²) >= 11 is 0. The summed E-state index contributed by atoms with van der Waals surface area (Å²) in [6.07, 6.45) is 3.19. The molecule has 2 rings (SSSR count). The van der Waals surface area contributed by atoms with E-state index in [2.05, 4.69) is 10.3 Å². The van der Waals surface area contributed by atoms with Crippen LogP contribution in [0.1, 0.15) is 32.2 Å². The van der Waals surface area contributed by atoms with Crippen LogP contribution in [0.4, 0.5) is 4.39 Å². The smallest absolute Gasteiger partial charge is 0.217 e. The number of rotatable bonds is 3. The fourth-order valence-electron chi connectivity index (χ4n) is 1.88. The third kappa shape index (κ3) is 3.03. The van der Waals surface area contributed by atoms with Crippen LogP contribution < -0.4 is 5.32 Å². The van der Waals surface area contributed by atoms with Crippen molar-refractivity contribution in [2.24, 2.45) is 0 Å². The van der Waals surface area contributed by atoms with Crippen molar-refractivity contribution < 1.29 is 4.39 Å². The lowest BCUT2D eigenvalue weighted by Crippen LogP contribution is -2.35. The molecule has 2 aromatic rings. The molecule has 0 radical (unpaired) electrons. The first-order valence-electron chi connectivity index (χ1n) is 6.38. The van der Waals surface area contributed by atoms with Crippen LogP contribution in [0.25, 0.3) is 5.69 Å². The van der Waals surface area contributed by atoms with E-state index in [1.807, 2.05) is 26.8 Å². The fourth-order valence-corrected chi connectivity index (χ4v) is 1.88. The maximum atomic E-state index is 14.1. The van der Waals surface area contributed by atoms with E-state index in [1.54, 1.807) is 22.9 Å². The summed E-state index contributed by atoms with van der Waals surface area (Å²) in [5.74, 6) is -0.0514. The molecule has 0 saturated carbocycles. The highest BCUT2D eigenvalue weighted by atomic mass is 19.1. The zero-order valence-corrected chi connectivity index (χ0v) is 11.8. The summed E-state index contributed by atoms with van der Waals surface area (Å²) in [4.78, 5) is 3.95. The Labute approximate surface area is 117 Å². The van der Waals surface area contributed by atoms with Gasteiger partial charge in [-0.3, -0.25) is 4.57 Å². The first-order valence-corrected chi connectivity index (χ1v) is 6.38. The van der Waals surface area contributed by atoms with Gasteiger partial charge in [-0.05, 0) is 32.9 Å². The molecule has 0 aliphatic heterocycles. The van der Waals surface area contributed by atoms with Crippen molar-refractivity contribution >= 4 is 0 Å². The molecule has 0 saturated heterocycles. The van der Waals surface area contributed by atoms with Gasteiger partial charge < -0.3 is 5.32 Å². The van der Waals surface area contributed by atoms with Gasteiger partial charge in [-0.15, -0.1) is 0 Å². The van der Waals surface area contributed by atoms with Gasteiger partial charge in [-0.25, -0.2) is 9.37 Å². The topological polar surface area (TPSA) is 53.6 Å². The summed E-state index contributed by atoms with van der Waals surface area (Å²) < 4.78 is 15.7. The maximum absolute atomic E-state index is 14.1. The van der Waals surface area contributed by atoms with Gasteiger partial charge in [-0.1, -0.05) is 6.07 Å². The van der Waals surface area contributed by atoms with E-state index >= 15 is 0 Å². The Balaban J connectivity index is 2.44.